The number of nitrogens with one attached hydrogen (secondary N) is 3. The minimum absolute atomic E-state index is 0.719. The maximum atomic E-state index is 5.52. The van der Waals surface area contributed by atoms with E-state index in [9.17, 15) is 0 Å². The molecule has 0 bridgehead atoms. The fourth-order valence-electron chi connectivity index (χ4n) is 3.75. The molecule has 0 aliphatic rings. The summed E-state index contributed by atoms with van der Waals surface area (Å²) in [6.45, 7) is 7.79. The second-order valence-corrected chi connectivity index (χ2v) is 8.83. The molecular weight excluding hydrogens is 382 g/mol. The van der Waals surface area contributed by atoms with E-state index < -0.39 is 0 Å². The number of nitrogens with two attached hydrogens (primary N) is 2. The molecule has 0 atom stereocenters. The van der Waals surface area contributed by atoms with Gasteiger partial charge in [0.25, 0.3) is 0 Å². The highest BCUT2D eigenvalue weighted by Crippen LogP contribution is 2.11. The first-order valence-electron chi connectivity index (χ1n) is 13.6. The van der Waals surface area contributed by atoms with Crippen LogP contribution in [0.3, 0.4) is 0 Å². The van der Waals surface area contributed by atoms with E-state index in [0.717, 1.165) is 52.4 Å². The van der Waals surface area contributed by atoms with Crippen molar-refractivity contribution in [2.24, 2.45) is 11.5 Å². The van der Waals surface area contributed by atoms with Crippen molar-refractivity contribution in [2.75, 3.05) is 52.4 Å². The Labute approximate surface area is 195 Å². The van der Waals surface area contributed by atoms with E-state index in [1.807, 2.05) is 0 Å². The van der Waals surface area contributed by atoms with Gasteiger partial charge in [0, 0.05) is 39.3 Å². The summed E-state index contributed by atoms with van der Waals surface area (Å²) in [6, 6.07) is 0. The molecule has 0 radical (unpaired) electrons. The van der Waals surface area contributed by atoms with E-state index in [1.54, 1.807) is 0 Å². The van der Waals surface area contributed by atoms with Crippen molar-refractivity contribution in [3.8, 4) is 0 Å². The molecule has 0 amide bonds. The zero-order valence-corrected chi connectivity index (χ0v) is 20.8. The lowest BCUT2D eigenvalue weighted by molar-refractivity contribution is 0.540. The van der Waals surface area contributed by atoms with Crippen molar-refractivity contribution in [2.45, 2.75) is 103 Å². The second kappa shape index (κ2) is 29.5. The molecule has 0 saturated carbocycles. The van der Waals surface area contributed by atoms with Crippen molar-refractivity contribution < 1.29 is 0 Å². The van der Waals surface area contributed by atoms with Gasteiger partial charge in [0.05, 0.1) is 0 Å². The van der Waals surface area contributed by atoms with Crippen molar-refractivity contribution >= 4 is 0 Å². The van der Waals surface area contributed by atoms with Crippen LogP contribution in [0.25, 0.3) is 0 Å². The van der Waals surface area contributed by atoms with Crippen LogP contribution < -0.4 is 27.4 Å². The molecule has 0 aliphatic heterocycles. The van der Waals surface area contributed by atoms with Crippen LogP contribution in [0.5, 0.6) is 0 Å². The highest BCUT2D eigenvalue weighted by atomic mass is 15.0. The average Bonchev–Trinajstić information content (AvgIpc) is 2.78. The molecular formula is C26H57N5. The van der Waals surface area contributed by atoms with Gasteiger partial charge < -0.3 is 27.4 Å². The van der Waals surface area contributed by atoms with Crippen LogP contribution >= 0.6 is 0 Å². The summed E-state index contributed by atoms with van der Waals surface area (Å²) >= 11 is 0. The zero-order chi connectivity index (χ0) is 22.5. The smallest absolute Gasteiger partial charge is 0.00772 e. The van der Waals surface area contributed by atoms with Crippen LogP contribution in [0.1, 0.15) is 103 Å². The molecule has 0 aromatic heterocycles. The van der Waals surface area contributed by atoms with Crippen molar-refractivity contribution in [3.05, 3.63) is 12.2 Å². The predicted molar refractivity (Wildman–Crippen MR) is 140 cm³/mol. The normalized spacial score (nSPS) is 11.7. The van der Waals surface area contributed by atoms with Gasteiger partial charge in [0.2, 0.25) is 0 Å². The van der Waals surface area contributed by atoms with Gasteiger partial charge in [-0.1, -0.05) is 76.4 Å². The molecule has 0 heterocycles. The molecule has 0 aliphatic carbocycles. The molecule has 5 heteroatoms. The van der Waals surface area contributed by atoms with Crippen molar-refractivity contribution in [3.63, 3.8) is 0 Å². The third kappa shape index (κ3) is 29.5. The Morgan fingerprint density at radius 3 is 1.23 bits per heavy atom. The molecule has 0 fully saturated rings. The van der Waals surface area contributed by atoms with Gasteiger partial charge >= 0.3 is 0 Å². The molecule has 186 valence electrons. The number of rotatable bonds is 27. The second-order valence-electron chi connectivity index (χ2n) is 8.83. The topological polar surface area (TPSA) is 88.1 Å². The highest BCUT2D eigenvalue weighted by molar-refractivity contribution is 4.81. The monoisotopic (exact) mass is 439 g/mol. The molecule has 0 aromatic rings. The van der Waals surface area contributed by atoms with E-state index in [4.69, 9.17) is 11.5 Å². The van der Waals surface area contributed by atoms with Gasteiger partial charge in [-0.3, -0.25) is 0 Å². The predicted octanol–water partition coefficient (Wildman–Crippen LogP) is 4.47. The molecule has 0 spiro atoms. The summed E-state index contributed by atoms with van der Waals surface area (Å²) in [6.07, 6.45) is 26.5. The molecule has 0 unspecified atom stereocenters. The summed E-state index contributed by atoms with van der Waals surface area (Å²) in [7, 11) is 0. The van der Waals surface area contributed by atoms with Crippen LogP contribution in [0.4, 0.5) is 0 Å². The van der Waals surface area contributed by atoms with Crippen LogP contribution in [0.2, 0.25) is 0 Å². The summed E-state index contributed by atoms with van der Waals surface area (Å²) < 4.78 is 0. The molecule has 5 nitrogen and oxygen atoms in total. The quantitative estimate of drug-likeness (QED) is 0.0962. The standard InChI is InChI=1S/C26H57N5/c27-19-17-15-13-11-9-7-5-3-1-2-4-6-8-10-12-14-16-18-21-29-23-25-31-26-24-30-22-20-28/h1,3,29-31H,2,4-28H2. The minimum Gasteiger partial charge on any atom is -0.330 e. The number of unbranched alkanes of at least 4 members (excludes halogenated alkanes) is 14. The maximum absolute atomic E-state index is 5.52. The first kappa shape index (κ1) is 30.5. The first-order valence-corrected chi connectivity index (χ1v) is 13.6. The lowest BCUT2D eigenvalue weighted by Crippen LogP contribution is -2.34. The van der Waals surface area contributed by atoms with E-state index in [1.165, 1.54) is 103 Å². The average molecular weight is 440 g/mol. The summed E-state index contributed by atoms with van der Waals surface area (Å²) in [5, 5.41) is 10.3. The third-order valence-corrected chi connectivity index (χ3v) is 5.74. The van der Waals surface area contributed by atoms with Gasteiger partial charge in [-0.2, -0.15) is 0 Å². The maximum Gasteiger partial charge on any atom is 0.00772 e. The van der Waals surface area contributed by atoms with Crippen LogP contribution in [0, 0.1) is 0 Å². The summed E-state index contributed by atoms with van der Waals surface area (Å²) in [5.74, 6) is 0. The Balaban J connectivity index is 3.04. The Kier molecular flexibility index (Phi) is 29.1. The van der Waals surface area contributed by atoms with Gasteiger partial charge in [-0.15, -0.1) is 0 Å². The highest BCUT2D eigenvalue weighted by Gasteiger charge is 1.94. The van der Waals surface area contributed by atoms with Crippen LogP contribution in [-0.2, 0) is 0 Å². The van der Waals surface area contributed by atoms with Gasteiger partial charge in [-0.05, 0) is 51.6 Å². The summed E-state index contributed by atoms with van der Waals surface area (Å²) in [5.41, 5.74) is 11.0. The van der Waals surface area contributed by atoms with E-state index >= 15 is 0 Å². The Bertz CT molecular complexity index is 336. The molecule has 0 rings (SSSR count). The molecule has 0 saturated heterocycles. The van der Waals surface area contributed by atoms with Crippen molar-refractivity contribution in [1.82, 2.24) is 16.0 Å². The third-order valence-electron chi connectivity index (χ3n) is 5.74. The minimum atomic E-state index is 0.719. The molecule has 31 heavy (non-hydrogen) atoms. The number of hydrogen-bond acceptors (Lipinski definition) is 5. The first-order chi connectivity index (χ1) is 15.4. The fourth-order valence-corrected chi connectivity index (χ4v) is 3.75. The number of hydrogen-bond donors (Lipinski definition) is 5. The largest absolute Gasteiger partial charge is 0.330 e. The Morgan fingerprint density at radius 2 is 0.742 bits per heavy atom. The SMILES string of the molecule is NCCCCCCCCC=CCCCCCCCCCCNCCNCCNCCN. The van der Waals surface area contributed by atoms with Crippen LogP contribution in [0.15, 0.2) is 12.2 Å². The Morgan fingerprint density at radius 1 is 0.355 bits per heavy atom. The van der Waals surface area contributed by atoms with E-state index in [2.05, 4.69) is 28.1 Å². The lowest BCUT2D eigenvalue weighted by atomic mass is 10.1. The van der Waals surface area contributed by atoms with Crippen molar-refractivity contribution in [1.29, 1.82) is 0 Å². The van der Waals surface area contributed by atoms with E-state index in [0.29, 0.717) is 0 Å². The van der Waals surface area contributed by atoms with Gasteiger partial charge in [0.15, 0.2) is 0 Å². The lowest BCUT2D eigenvalue weighted by Gasteiger charge is -2.07. The summed E-state index contributed by atoms with van der Waals surface area (Å²) in [4.78, 5) is 0. The van der Waals surface area contributed by atoms with Gasteiger partial charge in [-0.25, -0.2) is 0 Å². The molecule has 0 aromatic carbocycles. The van der Waals surface area contributed by atoms with Gasteiger partial charge in [0.1, 0.15) is 0 Å². The molecule has 7 N–H and O–H groups in total. The number of allylic oxidation sites excluding steroid dienone is 2. The zero-order valence-electron chi connectivity index (χ0n) is 20.8. The van der Waals surface area contributed by atoms with Crippen LogP contribution in [-0.4, -0.2) is 52.4 Å². The fraction of sp³-hybridized carbons (Fsp3) is 0.923. The Hall–Kier alpha value is -0.460. The van der Waals surface area contributed by atoms with E-state index in [-0.39, 0.29) is 0 Å².